The smallest absolute Gasteiger partial charge is 0.223 e. The van der Waals surface area contributed by atoms with E-state index in [0.717, 1.165) is 35.7 Å². The van der Waals surface area contributed by atoms with Crippen LogP contribution in [0, 0.1) is 0 Å². The van der Waals surface area contributed by atoms with Crippen LogP contribution in [0.4, 0.5) is 10.3 Å². The van der Waals surface area contributed by atoms with Crippen LogP contribution in [0.5, 0.6) is 0 Å². The Hall–Kier alpha value is -1.94. The second-order valence-electron chi connectivity index (χ2n) is 5.81. The van der Waals surface area contributed by atoms with E-state index in [1.165, 1.54) is 36.5 Å². The molecule has 2 aromatic heterocycles. The predicted octanol–water partition coefficient (Wildman–Crippen LogP) is 2.75. The molecule has 8 nitrogen and oxygen atoms in total. The standard InChI is InChI=1S/C14H18N6O2S2/c1-7(21)15-13-19-17-11(23-13)9-4-3-5-10(6-9)12-18-20-14(24-12)16-8(2)22/h9-10H,3-6H2,1-2H3,(H,15,19,21)(H,16,20,22). The molecule has 0 saturated heterocycles. The zero-order valence-electron chi connectivity index (χ0n) is 13.4. The van der Waals surface area contributed by atoms with Crippen LogP contribution in [-0.4, -0.2) is 32.2 Å². The van der Waals surface area contributed by atoms with Crippen LogP contribution in [0.2, 0.25) is 0 Å². The maximum Gasteiger partial charge on any atom is 0.223 e. The van der Waals surface area contributed by atoms with Crippen molar-refractivity contribution in [2.45, 2.75) is 51.4 Å². The second kappa shape index (κ2) is 7.31. The molecule has 2 atom stereocenters. The summed E-state index contributed by atoms with van der Waals surface area (Å²) in [5, 5.41) is 24.9. The molecule has 2 N–H and O–H groups in total. The van der Waals surface area contributed by atoms with Gasteiger partial charge in [0.25, 0.3) is 0 Å². The lowest BCUT2D eigenvalue weighted by Gasteiger charge is -2.25. The average molecular weight is 366 g/mol. The highest BCUT2D eigenvalue weighted by molar-refractivity contribution is 7.15. The molecule has 2 heterocycles. The minimum Gasteiger partial charge on any atom is -0.301 e. The maximum absolute atomic E-state index is 11.1. The molecule has 3 rings (SSSR count). The molecule has 1 saturated carbocycles. The van der Waals surface area contributed by atoms with E-state index >= 15 is 0 Å². The molecular weight excluding hydrogens is 348 g/mol. The Morgan fingerprint density at radius 3 is 1.75 bits per heavy atom. The molecule has 1 aliphatic carbocycles. The Bertz CT molecular complexity index is 683. The van der Waals surface area contributed by atoms with Crippen molar-refractivity contribution in [2.24, 2.45) is 0 Å². The van der Waals surface area contributed by atoms with Crippen molar-refractivity contribution < 1.29 is 9.59 Å². The van der Waals surface area contributed by atoms with Crippen LogP contribution in [0.15, 0.2) is 0 Å². The quantitative estimate of drug-likeness (QED) is 0.861. The maximum atomic E-state index is 11.1. The largest absolute Gasteiger partial charge is 0.301 e. The molecule has 2 unspecified atom stereocenters. The van der Waals surface area contributed by atoms with Gasteiger partial charge in [-0.1, -0.05) is 29.1 Å². The molecule has 10 heteroatoms. The summed E-state index contributed by atoms with van der Waals surface area (Å²) in [6, 6.07) is 0. The minimum atomic E-state index is -0.140. The summed E-state index contributed by atoms with van der Waals surface area (Å²) in [4.78, 5) is 22.2. The van der Waals surface area contributed by atoms with Crippen molar-refractivity contribution in [3.05, 3.63) is 10.0 Å². The van der Waals surface area contributed by atoms with Gasteiger partial charge >= 0.3 is 0 Å². The van der Waals surface area contributed by atoms with Crippen molar-refractivity contribution in [3.63, 3.8) is 0 Å². The number of amides is 2. The molecule has 24 heavy (non-hydrogen) atoms. The lowest BCUT2D eigenvalue weighted by molar-refractivity contribution is -0.115. The third-order valence-electron chi connectivity index (χ3n) is 3.82. The predicted molar refractivity (Wildman–Crippen MR) is 92.4 cm³/mol. The van der Waals surface area contributed by atoms with Crippen LogP contribution in [0.1, 0.15) is 61.4 Å². The van der Waals surface area contributed by atoms with Gasteiger partial charge in [0.15, 0.2) is 0 Å². The summed E-state index contributed by atoms with van der Waals surface area (Å²) in [6.07, 6.45) is 4.13. The number of hydrogen-bond donors (Lipinski definition) is 2. The summed E-state index contributed by atoms with van der Waals surface area (Å²) < 4.78 is 0. The summed E-state index contributed by atoms with van der Waals surface area (Å²) in [7, 11) is 0. The molecular formula is C14H18N6O2S2. The normalized spacial score (nSPS) is 20.6. The van der Waals surface area contributed by atoms with Gasteiger partial charge in [-0.05, 0) is 19.3 Å². The van der Waals surface area contributed by atoms with Gasteiger partial charge in [-0.25, -0.2) is 0 Å². The third-order valence-corrected chi connectivity index (χ3v) is 5.82. The summed E-state index contributed by atoms with van der Waals surface area (Å²) in [5.41, 5.74) is 0. The Morgan fingerprint density at radius 1 is 0.875 bits per heavy atom. The van der Waals surface area contributed by atoms with Gasteiger partial charge in [-0.15, -0.1) is 20.4 Å². The highest BCUT2D eigenvalue weighted by Crippen LogP contribution is 2.43. The van der Waals surface area contributed by atoms with Gasteiger partial charge in [0.1, 0.15) is 10.0 Å². The molecule has 0 bridgehead atoms. The van der Waals surface area contributed by atoms with E-state index in [1.54, 1.807) is 0 Å². The van der Waals surface area contributed by atoms with E-state index in [9.17, 15) is 9.59 Å². The van der Waals surface area contributed by atoms with Crippen LogP contribution in [-0.2, 0) is 9.59 Å². The molecule has 2 aromatic rings. The fourth-order valence-corrected chi connectivity index (χ4v) is 4.71. The number of nitrogens with one attached hydrogen (secondary N) is 2. The van der Waals surface area contributed by atoms with Crippen molar-refractivity contribution in [3.8, 4) is 0 Å². The van der Waals surface area contributed by atoms with Gasteiger partial charge in [0.05, 0.1) is 0 Å². The van der Waals surface area contributed by atoms with Crippen LogP contribution in [0.3, 0.4) is 0 Å². The average Bonchev–Trinajstić information content (AvgIpc) is 3.16. The molecule has 1 fully saturated rings. The zero-order chi connectivity index (χ0) is 17.1. The number of hydrogen-bond acceptors (Lipinski definition) is 8. The zero-order valence-corrected chi connectivity index (χ0v) is 15.0. The van der Waals surface area contributed by atoms with Crippen molar-refractivity contribution in [1.82, 2.24) is 20.4 Å². The van der Waals surface area contributed by atoms with Crippen LogP contribution < -0.4 is 10.6 Å². The first-order valence-corrected chi connectivity index (χ1v) is 9.36. The molecule has 0 spiro atoms. The Kier molecular flexibility index (Phi) is 5.14. The van der Waals surface area contributed by atoms with Gasteiger partial charge in [-0.3, -0.25) is 9.59 Å². The fourth-order valence-electron chi connectivity index (χ4n) is 2.84. The van der Waals surface area contributed by atoms with E-state index in [-0.39, 0.29) is 11.8 Å². The topological polar surface area (TPSA) is 110 Å². The number of carbonyl (C=O) groups excluding carboxylic acids is 2. The van der Waals surface area contributed by atoms with E-state index in [2.05, 4.69) is 31.0 Å². The van der Waals surface area contributed by atoms with E-state index < -0.39 is 0 Å². The van der Waals surface area contributed by atoms with E-state index in [0.29, 0.717) is 22.1 Å². The summed E-state index contributed by atoms with van der Waals surface area (Å²) >= 11 is 2.87. The monoisotopic (exact) mass is 366 g/mol. The number of nitrogens with zero attached hydrogens (tertiary/aromatic N) is 4. The van der Waals surface area contributed by atoms with Crippen molar-refractivity contribution in [1.29, 1.82) is 0 Å². The van der Waals surface area contributed by atoms with E-state index in [4.69, 9.17) is 0 Å². The van der Waals surface area contributed by atoms with Crippen molar-refractivity contribution >= 4 is 44.8 Å². The van der Waals surface area contributed by atoms with Gasteiger partial charge in [0.2, 0.25) is 22.1 Å². The van der Waals surface area contributed by atoms with E-state index in [1.807, 2.05) is 0 Å². The fraction of sp³-hybridized carbons (Fsp3) is 0.571. The highest BCUT2D eigenvalue weighted by Gasteiger charge is 2.29. The molecule has 2 amide bonds. The van der Waals surface area contributed by atoms with Crippen LogP contribution in [0.25, 0.3) is 0 Å². The SMILES string of the molecule is CC(=O)Nc1nnc(C2CCCC(c3nnc(NC(C)=O)s3)C2)s1. The number of carbonyl (C=O) groups is 2. The lowest BCUT2D eigenvalue weighted by Crippen LogP contribution is -2.12. The molecule has 0 radical (unpaired) electrons. The summed E-state index contributed by atoms with van der Waals surface area (Å²) in [5.74, 6) is 0.353. The number of aromatic nitrogens is 4. The summed E-state index contributed by atoms with van der Waals surface area (Å²) in [6.45, 7) is 2.92. The van der Waals surface area contributed by atoms with Crippen molar-refractivity contribution in [2.75, 3.05) is 10.6 Å². The first-order valence-electron chi connectivity index (χ1n) is 7.73. The minimum absolute atomic E-state index is 0.140. The Morgan fingerprint density at radius 2 is 1.33 bits per heavy atom. The van der Waals surface area contributed by atoms with Crippen LogP contribution >= 0.6 is 22.7 Å². The van der Waals surface area contributed by atoms with Gasteiger partial charge in [-0.2, -0.15) is 0 Å². The third kappa shape index (κ3) is 4.12. The first-order chi connectivity index (χ1) is 11.5. The molecule has 0 aliphatic heterocycles. The Balaban J connectivity index is 1.67. The van der Waals surface area contributed by atoms with Gasteiger partial charge < -0.3 is 10.6 Å². The lowest BCUT2D eigenvalue weighted by atomic mass is 9.82. The number of anilines is 2. The highest BCUT2D eigenvalue weighted by atomic mass is 32.1. The number of rotatable bonds is 4. The first kappa shape index (κ1) is 16.9. The molecule has 1 aliphatic rings. The van der Waals surface area contributed by atoms with Gasteiger partial charge in [0, 0.05) is 25.7 Å². The second-order valence-corrected chi connectivity index (χ2v) is 7.83. The Labute approximate surface area is 147 Å². The molecule has 128 valence electrons. The molecule has 0 aromatic carbocycles.